The number of rotatable bonds is 3. The Morgan fingerprint density at radius 1 is 0.615 bits per heavy atom. The largest absolute Gasteiger partial charge is 0.508 e. The van der Waals surface area contributed by atoms with Crippen LogP contribution in [0.5, 0.6) is 11.5 Å². The van der Waals surface area contributed by atoms with Crippen molar-refractivity contribution in [2.24, 2.45) is 0 Å². The number of pyridine rings is 1. The van der Waals surface area contributed by atoms with Gasteiger partial charge in [-0.05, 0) is 47.5 Å². The molecule has 3 nitrogen and oxygen atoms in total. The minimum Gasteiger partial charge on any atom is -0.508 e. The molecule has 0 atom stereocenters. The number of benzene rings is 3. The highest BCUT2D eigenvalue weighted by Crippen LogP contribution is 2.33. The molecule has 2 N–H and O–H groups in total. The van der Waals surface area contributed by atoms with Crippen molar-refractivity contribution in [2.45, 2.75) is 5.92 Å². The van der Waals surface area contributed by atoms with Crippen LogP contribution >= 0.6 is 12.4 Å². The summed E-state index contributed by atoms with van der Waals surface area (Å²) in [5.41, 5.74) is 3.94. The van der Waals surface area contributed by atoms with Gasteiger partial charge in [0.15, 0.2) is 0 Å². The minimum atomic E-state index is -0.0780. The number of nitrogens with zero attached hydrogens (tertiary/aromatic N) is 1. The molecule has 0 bridgehead atoms. The number of hydrogen-bond acceptors (Lipinski definition) is 3. The monoisotopic (exact) mass is 363 g/mol. The van der Waals surface area contributed by atoms with E-state index in [0.717, 1.165) is 27.7 Å². The molecule has 0 spiro atoms. The van der Waals surface area contributed by atoms with E-state index in [4.69, 9.17) is 4.98 Å². The lowest BCUT2D eigenvalue weighted by atomic mass is 9.88. The SMILES string of the molecule is Cl.Oc1ccc(C(c2ccc(O)cc2)c2ccc3ccccc3n2)cc1. The number of aromatic hydroxyl groups is 2. The highest BCUT2D eigenvalue weighted by Gasteiger charge is 2.18. The van der Waals surface area contributed by atoms with Gasteiger partial charge in [0, 0.05) is 5.39 Å². The molecule has 0 amide bonds. The third-order valence-corrected chi connectivity index (χ3v) is 4.37. The Bertz CT molecular complexity index is 969. The zero-order valence-corrected chi connectivity index (χ0v) is 14.7. The molecule has 0 unspecified atom stereocenters. The van der Waals surface area contributed by atoms with Crippen molar-refractivity contribution in [3.05, 3.63) is 102 Å². The quantitative estimate of drug-likeness (QED) is 0.522. The average Bonchev–Trinajstić information content (AvgIpc) is 2.65. The summed E-state index contributed by atoms with van der Waals surface area (Å²) in [5.74, 6) is 0.394. The molecule has 1 aromatic heterocycles. The summed E-state index contributed by atoms with van der Waals surface area (Å²) in [6, 6.07) is 26.5. The number of phenols is 2. The van der Waals surface area contributed by atoms with Crippen LogP contribution in [0.25, 0.3) is 10.9 Å². The van der Waals surface area contributed by atoms with Crippen molar-refractivity contribution in [1.82, 2.24) is 4.98 Å². The lowest BCUT2D eigenvalue weighted by molar-refractivity contribution is 0.475. The summed E-state index contributed by atoms with van der Waals surface area (Å²) < 4.78 is 0. The molecule has 4 rings (SSSR count). The molecule has 0 fully saturated rings. The Labute approximate surface area is 158 Å². The van der Waals surface area contributed by atoms with Crippen molar-refractivity contribution >= 4 is 23.3 Å². The van der Waals surface area contributed by atoms with Crippen molar-refractivity contribution in [3.63, 3.8) is 0 Å². The van der Waals surface area contributed by atoms with Crippen LogP contribution in [0.15, 0.2) is 84.9 Å². The molecule has 1 heterocycles. The zero-order chi connectivity index (χ0) is 17.2. The highest BCUT2D eigenvalue weighted by molar-refractivity contribution is 5.85. The van der Waals surface area contributed by atoms with Crippen LogP contribution in [-0.4, -0.2) is 15.2 Å². The van der Waals surface area contributed by atoms with E-state index in [1.165, 1.54) is 0 Å². The first-order chi connectivity index (χ1) is 12.2. The summed E-state index contributed by atoms with van der Waals surface area (Å²) in [4.78, 5) is 4.85. The molecule has 3 aromatic carbocycles. The van der Waals surface area contributed by atoms with Gasteiger partial charge in [-0.25, -0.2) is 0 Å². The first kappa shape index (κ1) is 17.8. The smallest absolute Gasteiger partial charge is 0.115 e. The Kier molecular flexibility index (Phi) is 5.10. The van der Waals surface area contributed by atoms with Crippen LogP contribution in [0.4, 0.5) is 0 Å². The van der Waals surface area contributed by atoms with Crippen molar-refractivity contribution in [1.29, 1.82) is 0 Å². The van der Waals surface area contributed by atoms with E-state index in [0.29, 0.717) is 0 Å². The molecule has 0 saturated carbocycles. The molecule has 0 aliphatic heterocycles. The standard InChI is InChI=1S/C22H17NO2.ClH/c24-18-10-5-16(6-11-18)22(17-7-12-19(25)13-8-17)21-14-9-15-3-1-2-4-20(15)23-21;/h1-14,22,24-25H;1H. The van der Waals surface area contributed by atoms with Gasteiger partial charge in [-0.15, -0.1) is 12.4 Å². The summed E-state index contributed by atoms with van der Waals surface area (Å²) >= 11 is 0. The van der Waals surface area contributed by atoms with Crippen LogP contribution in [0.3, 0.4) is 0 Å². The van der Waals surface area contributed by atoms with Gasteiger partial charge in [0.25, 0.3) is 0 Å². The third-order valence-electron chi connectivity index (χ3n) is 4.37. The zero-order valence-electron chi connectivity index (χ0n) is 13.9. The molecule has 26 heavy (non-hydrogen) atoms. The number of fused-ring (bicyclic) bond motifs is 1. The summed E-state index contributed by atoms with van der Waals surface area (Å²) in [5, 5.41) is 20.3. The van der Waals surface area contributed by atoms with Gasteiger partial charge < -0.3 is 10.2 Å². The van der Waals surface area contributed by atoms with Gasteiger partial charge in [-0.3, -0.25) is 4.98 Å². The third kappa shape index (κ3) is 3.48. The van der Waals surface area contributed by atoms with Crippen LogP contribution in [0.2, 0.25) is 0 Å². The number of phenolic OH excluding ortho intramolecular Hbond substituents is 2. The van der Waals surface area contributed by atoms with E-state index in [1.807, 2.05) is 54.6 Å². The van der Waals surface area contributed by atoms with Gasteiger partial charge in [-0.1, -0.05) is 48.5 Å². The second-order valence-electron chi connectivity index (χ2n) is 6.04. The van der Waals surface area contributed by atoms with Gasteiger partial charge in [0.1, 0.15) is 11.5 Å². The van der Waals surface area contributed by atoms with Gasteiger partial charge in [0.2, 0.25) is 0 Å². The van der Waals surface area contributed by atoms with Crippen LogP contribution in [0, 0.1) is 0 Å². The van der Waals surface area contributed by atoms with E-state index >= 15 is 0 Å². The molecule has 0 radical (unpaired) electrons. The molecule has 4 aromatic rings. The van der Waals surface area contributed by atoms with E-state index < -0.39 is 0 Å². The second kappa shape index (κ2) is 7.46. The first-order valence-corrected chi connectivity index (χ1v) is 8.14. The summed E-state index contributed by atoms with van der Waals surface area (Å²) in [6.07, 6.45) is 0. The lowest BCUT2D eigenvalue weighted by Gasteiger charge is -2.18. The number of para-hydroxylation sites is 1. The van der Waals surface area contributed by atoms with Crippen LogP contribution in [-0.2, 0) is 0 Å². The second-order valence-corrected chi connectivity index (χ2v) is 6.04. The summed E-state index contributed by atoms with van der Waals surface area (Å²) in [7, 11) is 0. The Morgan fingerprint density at radius 3 is 1.73 bits per heavy atom. The number of aromatic nitrogens is 1. The maximum absolute atomic E-state index is 9.61. The maximum Gasteiger partial charge on any atom is 0.115 e. The number of hydrogen-bond donors (Lipinski definition) is 2. The Morgan fingerprint density at radius 2 is 1.15 bits per heavy atom. The molecule has 0 aliphatic carbocycles. The highest BCUT2D eigenvalue weighted by atomic mass is 35.5. The fourth-order valence-electron chi connectivity index (χ4n) is 3.11. The topological polar surface area (TPSA) is 53.4 Å². The van der Waals surface area contributed by atoms with E-state index in [-0.39, 0.29) is 29.8 Å². The van der Waals surface area contributed by atoms with Gasteiger partial charge in [-0.2, -0.15) is 0 Å². The predicted octanol–water partition coefficient (Wildman–Crippen LogP) is 5.25. The predicted molar refractivity (Wildman–Crippen MR) is 106 cm³/mol. The van der Waals surface area contributed by atoms with Crippen LogP contribution < -0.4 is 0 Å². The van der Waals surface area contributed by atoms with E-state index in [1.54, 1.807) is 24.3 Å². The molecule has 0 aliphatic rings. The fourth-order valence-corrected chi connectivity index (χ4v) is 3.11. The van der Waals surface area contributed by atoms with E-state index in [2.05, 4.69) is 6.07 Å². The van der Waals surface area contributed by atoms with Gasteiger partial charge >= 0.3 is 0 Å². The van der Waals surface area contributed by atoms with Crippen molar-refractivity contribution in [2.75, 3.05) is 0 Å². The normalized spacial score (nSPS) is 10.7. The molecular weight excluding hydrogens is 346 g/mol. The van der Waals surface area contributed by atoms with Crippen molar-refractivity contribution < 1.29 is 10.2 Å². The molecular formula is C22H18ClNO2. The number of halogens is 1. The Hall–Kier alpha value is -3.04. The van der Waals surface area contributed by atoms with E-state index in [9.17, 15) is 10.2 Å². The molecule has 130 valence electrons. The Balaban J connectivity index is 0.00000196. The molecule has 4 heteroatoms. The minimum absolute atomic E-state index is 0. The van der Waals surface area contributed by atoms with Gasteiger partial charge in [0.05, 0.1) is 17.1 Å². The lowest BCUT2D eigenvalue weighted by Crippen LogP contribution is -2.05. The summed E-state index contributed by atoms with van der Waals surface area (Å²) in [6.45, 7) is 0. The molecule has 0 saturated heterocycles. The first-order valence-electron chi connectivity index (χ1n) is 8.14. The maximum atomic E-state index is 9.61. The average molecular weight is 364 g/mol. The fraction of sp³-hybridized carbons (Fsp3) is 0.0455. The van der Waals surface area contributed by atoms with Crippen LogP contribution in [0.1, 0.15) is 22.7 Å². The van der Waals surface area contributed by atoms with Crippen molar-refractivity contribution in [3.8, 4) is 11.5 Å².